The van der Waals surface area contributed by atoms with E-state index in [0.717, 1.165) is 32.1 Å². The molecule has 11 heteroatoms. The number of carbonyl (C=O) groups excluding carboxylic acids is 2. The maximum Gasteiger partial charge on any atom is 0.311 e. The number of nitro groups is 1. The Balaban J connectivity index is 1.78. The molecule has 1 saturated carbocycles. The Morgan fingerprint density at radius 1 is 1.17 bits per heavy atom. The largest absolute Gasteiger partial charge is 0.490 e. The van der Waals surface area contributed by atoms with Gasteiger partial charge in [0.25, 0.3) is 5.91 Å². The third-order valence-electron chi connectivity index (χ3n) is 6.22. The second kappa shape index (κ2) is 12.8. The van der Waals surface area contributed by atoms with Gasteiger partial charge in [0.2, 0.25) is 11.7 Å². The van der Waals surface area contributed by atoms with E-state index in [2.05, 4.69) is 5.32 Å². The molecular formula is C25H29Cl2N3O6. The van der Waals surface area contributed by atoms with E-state index < -0.39 is 23.5 Å². The van der Waals surface area contributed by atoms with Crippen LogP contribution < -0.4 is 14.8 Å². The summed E-state index contributed by atoms with van der Waals surface area (Å²) in [6, 6.07) is 8.24. The van der Waals surface area contributed by atoms with Crippen molar-refractivity contribution in [3.05, 3.63) is 62.1 Å². The molecule has 1 aliphatic carbocycles. The summed E-state index contributed by atoms with van der Waals surface area (Å²) >= 11 is 12.7. The molecule has 2 aromatic carbocycles. The van der Waals surface area contributed by atoms with Crippen molar-refractivity contribution in [3.63, 3.8) is 0 Å². The molecule has 194 valence electrons. The van der Waals surface area contributed by atoms with E-state index in [-0.39, 0.29) is 35.7 Å². The van der Waals surface area contributed by atoms with E-state index in [1.54, 1.807) is 25.1 Å². The van der Waals surface area contributed by atoms with Crippen LogP contribution in [0.15, 0.2) is 36.4 Å². The predicted molar refractivity (Wildman–Crippen MR) is 137 cm³/mol. The zero-order chi connectivity index (χ0) is 26.2. The number of amides is 2. The van der Waals surface area contributed by atoms with E-state index in [4.69, 9.17) is 32.7 Å². The maximum atomic E-state index is 13.3. The lowest BCUT2D eigenvalue weighted by Gasteiger charge is -2.31. The van der Waals surface area contributed by atoms with Crippen molar-refractivity contribution < 1.29 is 24.0 Å². The first-order valence-corrected chi connectivity index (χ1v) is 12.4. The Morgan fingerprint density at radius 2 is 1.83 bits per heavy atom. The molecule has 0 bridgehead atoms. The van der Waals surface area contributed by atoms with Gasteiger partial charge in [-0.1, -0.05) is 48.5 Å². The van der Waals surface area contributed by atoms with Crippen molar-refractivity contribution in [2.24, 2.45) is 0 Å². The first kappa shape index (κ1) is 27.5. The van der Waals surface area contributed by atoms with Crippen LogP contribution >= 0.6 is 23.2 Å². The van der Waals surface area contributed by atoms with Gasteiger partial charge in [-0.2, -0.15) is 0 Å². The number of nitrogens with one attached hydrogen (secondary N) is 1. The van der Waals surface area contributed by atoms with E-state index in [1.165, 1.54) is 30.2 Å². The number of nitro benzene ring substituents is 1. The van der Waals surface area contributed by atoms with Crippen LogP contribution in [0, 0.1) is 10.1 Å². The third kappa shape index (κ3) is 7.01. The Morgan fingerprint density at radius 3 is 2.44 bits per heavy atom. The van der Waals surface area contributed by atoms with Crippen molar-refractivity contribution in [3.8, 4) is 11.5 Å². The highest BCUT2D eigenvalue weighted by Crippen LogP contribution is 2.31. The lowest BCUT2D eigenvalue weighted by Crippen LogP contribution is -2.51. The molecule has 1 N–H and O–H groups in total. The summed E-state index contributed by atoms with van der Waals surface area (Å²) in [6.45, 7) is 1.24. The lowest BCUT2D eigenvalue weighted by atomic mass is 9.95. The van der Waals surface area contributed by atoms with Crippen LogP contribution in [0.1, 0.15) is 44.6 Å². The van der Waals surface area contributed by atoms with Gasteiger partial charge >= 0.3 is 5.69 Å². The van der Waals surface area contributed by atoms with Gasteiger partial charge in [0.1, 0.15) is 11.8 Å². The Labute approximate surface area is 219 Å². The fourth-order valence-corrected chi connectivity index (χ4v) is 4.65. The fourth-order valence-electron chi connectivity index (χ4n) is 4.13. The van der Waals surface area contributed by atoms with E-state index in [1.807, 2.05) is 0 Å². The first-order chi connectivity index (χ1) is 17.2. The van der Waals surface area contributed by atoms with Crippen molar-refractivity contribution in [2.45, 2.75) is 57.7 Å². The Kier molecular flexibility index (Phi) is 9.78. The number of hydrogen-bond acceptors (Lipinski definition) is 6. The Hall–Kier alpha value is -3.04. The fraction of sp³-hybridized carbons (Fsp3) is 0.440. The molecular weight excluding hydrogens is 509 g/mol. The van der Waals surface area contributed by atoms with Crippen LogP contribution in [0.2, 0.25) is 10.0 Å². The Bertz CT molecular complexity index is 1090. The second-order valence-electron chi connectivity index (χ2n) is 8.62. The predicted octanol–water partition coefficient (Wildman–Crippen LogP) is 5.16. The lowest BCUT2D eigenvalue weighted by molar-refractivity contribution is -0.385. The summed E-state index contributed by atoms with van der Waals surface area (Å²) in [5.74, 6) is -0.532. The standard InChI is InChI=1S/C25H29Cl2N3O6/c1-16(25(32)28-17-7-4-3-5-8-17)29(14-19-20(26)9-6-10-21(19)27)24(31)15-36-18-11-12-22(30(33)34)23(13-18)35-2/h6,9-13,16-17H,3-5,7-8,14-15H2,1-2H3,(H,28,32). The molecule has 1 atom stereocenters. The summed E-state index contributed by atoms with van der Waals surface area (Å²) in [4.78, 5) is 38.3. The molecule has 0 spiro atoms. The quantitative estimate of drug-likeness (QED) is 0.331. The van der Waals surface area contributed by atoms with Crippen molar-refractivity contribution in [2.75, 3.05) is 13.7 Å². The molecule has 0 saturated heterocycles. The molecule has 0 aromatic heterocycles. The highest BCUT2D eigenvalue weighted by molar-refractivity contribution is 6.36. The van der Waals surface area contributed by atoms with E-state index >= 15 is 0 Å². The SMILES string of the molecule is COc1cc(OCC(=O)N(Cc2c(Cl)cccc2Cl)C(C)C(=O)NC2CCCCC2)ccc1[N+](=O)[O-]. The average molecular weight is 538 g/mol. The van der Waals surface area contributed by atoms with Gasteiger partial charge in [0.05, 0.1) is 12.0 Å². The number of hydrogen-bond donors (Lipinski definition) is 1. The maximum absolute atomic E-state index is 13.3. The molecule has 2 aromatic rings. The van der Waals surface area contributed by atoms with Crippen LogP contribution in [-0.2, 0) is 16.1 Å². The van der Waals surface area contributed by atoms with Gasteiger partial charge in [-0.25, -0.2) is 0 Å². The third-order valence-corrected chi connectivity index (χ3v) is 6.93. The van der Waals surface area contributed by atoms with Gasteiger partial charge in [-0.15, -0.1) is 0 Å². The molecule has 1 unspecified atom stereocenters. The molecule has 9 nitrogen and oxygen atoms in total. The monoisotopic (exact) mass is 537 g/mol. The number of ether oxygens (including phenoxy) is 2. The number of benzene rings is 2. The zero-order valence-electron chi connectivity index (χ0n) is 20.2. The summed E-state index contributed by atoms with van der Waals surface area (Å²) < 4.78 is 10.7. The molecule has 0 aliphatic heterocycles. The van der Waals surface area contributed by atoms with Crippen LogP contribution in [-0.4, -0.2) is 47.4 Å². The summed E-state index contributed by atoms with van der Waals surface area (Å²) in [5.41, 5.74) is 0.294. The average Bonchev–Trinajstić information content (AvgIpc) is 2.87. The molecule has 3 rings (SSSR count). The summed E-state index contributed by atoms with van der Waals surface area (Å²) in [7, 11) is 1.30. The number of halogens is 2. The topological polar surface area (TPSA) is 111 Å². The zero-order valence-corrected chi connectivity index (χ0v) is 21.7. The van der Waals surface area contributed by atoms with Crippen LogP contribution in [0.3, 0.4) is 0 Å². The number of rotatable bonds is 10. The first-order valence-electron chi connectivity index (χ1n) is 11.7. The summed E-state index contributed by atoms with van der Waals surface area (Å²) in [6.07, 6.45) is 5.09. The molecule has 36 heavy (non-hydrogen) atoms. The summed E-state index contributed by atoms with van der Waals surface area (Å²) in [5, 5.41) is 14.9. The van der Waals surface area contributed by atoms with Crippen molar-refractivity contribution in [1.29, 1.82) is 0 Å². The highest BCUT2D eigenvalue weighted by atomic mass is 35.5. The molecule has 0 heterocycles. The van der Waals surface area contributed by atoms with E-state index in [0.29, 0.717) is 15.6 Å². The van der Waals surface area contributed by atoms with Gasteiger partial charge < -0.3 is 19.7 Å². The van der Waals surface area contributed by atoms with E-state index in [9.17, 15) is 19.7 Å². The van der Waals surface area contributed by atoms with Crippen molar-refractivity contribution >= 4 is 40.7 Å². The van der Waals surface area contributed by atoms with Crippen molar-refractivity contribution in [1.82, 2.24) is 10.2 Å². The molecule has 1 fully saturated rings. The van der Waals surface area contributed by atoms with Gasteiger partial charge in [-0.05, 0) is 38.0 Å². The minimum Gasteiger partial charge on any atom is -0.490 e. The van der Waals surface area contributed by atoms with Crippen LogP contribution in [0.25, 0.3) is 0 Å². The number of methoxy groups -OCH3 is 1. The van der Waals surface area contributed by atoms with Gasteiger partial charge in [0.15, 0.2) is 6.61 Å². The molecule has 1 aliphatic rings. The minimum absolute atomic E-state index is 0.00351. The molecule has 2 amide bonds. The van der Waals surface area contributed by atoms with Crippen LogP contribution in [0.4, 0.5) is 5.69 Å². The van der Waals surface area contributed by atoms with Crippen LogP contribution in [0.5, 0.6) is 11.5 Å². The smallest absolute Gasteiger partial charge is 0.311 e. The number of carbonyl (C=O) groups is 2. The number of nitrogens with zero attached hydrogens (tertiary/aromatic N) is 2. The second-order valence-corrected chi connectivity index (χ2v) is 9.44. The molecule has 0 radical (unpaired) electrons. The highest BCUT2D eigenvalue weighted by Gasteiger charge is 2.29. The normalized spacial score (nSPS) is 14.6. The minimum atomic E-state index is -0.818. The van der Waals surface area contributed by atoms with Gasteiger partial charge in [-0.3, -0.25) is 19.7 Å². The van der Waals surface area contributed by atoms with Gasteiger partial charge in [0, 0.05) is 40.3 Å².